The largest absolute Gasteiger partial charge is 0.506 e. The SMILES string of the molecule is CN(C[C@@H]1CCN(C)C1(C)C)C(=O)c1cncc(O)c1. The number of nitrogens with zero attached hydrogens (tertiary/aromatic N) is 3. The molecule has 1 fully saturated rings. The van der Waals surface area contributed by atoms with Crippen molar-refractivity contribution in [3.05, 3.63) is 24.0 Å². The van der Waals surface area contributed by atoms with Gasteiger partial charge in [-0.05, 0) is 45.8 Å². The molecule has 1 aliphatic rings. The van der Waals surface area contributed by atoms with Crippen LogP contribution < -0.4 is 0 Å². The Bertz CT molecular complexity index is 502. The van der Waals surface area contributed by atoms with E-state index in [0.29, 0.717) is 18.0 Å². The van der Waals surface area contributed by atoms with Gasteiger partial charge in [0.25, 0.3) is 5.91 Å². The van der Waals surface area contributed by atoms with Crippen LogP contribution >= 0.6 is 0 Å². The number of carbonyl (C=O) groups excluding carboxylic acids is 1. The molecular formula is C15H23N3O2. The predicted molar refractivity (Wildman–Crippen MR) is 77.7 cm³/mol. The smallest absolute Gasteiger partial charge is 0.255 e. The first-order valence-electron chi connectivity index (χ1n) is 6.93. The second-order valence-corrected chi connectivity index (χ2v) is 6.18. The Morgan fingerprint density at radius 2 is 2.25 bits per heavy atom. The minimum absolute atomic E-state index is 0.0187. The summed E-state index contributed by atoms with van der Waals surface area (Å²) in [6, 6.07) is 1.46. The Morgan fingerprint density at radius 3 is 2.80 bits per heavy atom. The summed E-state index contributed by atoms with van der Waals surface area (Å²) in [6.45, 7) is 6.22. The quantitative estimate of drug-likeness (QED) is 0.911. The molecule has 2 rings (SSSR count). The topological polar surface area (TPSA) is 56.7 Å². The lowest BCUT2D eigenvalue weighted by molar-refractivity contribution is 0.0728. The molecule has 1 amide bonds. The van der Waals surface area contributed by atoms with E-state index in [1.165, 1.54) is 18.5 Å². The van der Waals surface area contributed by atoms with Gasteiger partial charge in [-0.25, -0.2) is 0 Å². The number of likely N-dealkylation sites (tertiary alicyclic amines) is 1. The summed E-state index contributed by atoms with van der Waals surface area (Å²) in [5.74, 6) is 0.371. The zero-order chi connectivity index (χ0) is 14.9. The van der Waals surface area contributed by atoms with Gasteiger partial charge in [0.05, 0.1) is 11.8 Å². The van der Waals surface area contributed by atoms with E-state index in [0.717, 1.165) is 13.0 Å². The molecule has 1 saturated heterocycles. The highest BCUT2D eigenvalue weighted by Gasteiger charge is 2.39. The highest BCUT2D eigenvalue weighted by atomic mass is 16.3. The number of carbonyl (C=O) groups is 1. The normalized spacial score (nSPS) is 21.9. The summed E-state index contributed by atoms with van der Waals surface area (Å²) in [4.78, 5) is 20.3. The maximum absolute atomic E-state index is 12.3. The number of amides is 1. The highest BCUT2D eigenvalue weighted by Crippen LogP contribution is 2.33. The van der Waals surface area contributed by atoms with Gasteiger partial charge in [0.15, 0.2) is 0 Å². The molecule has 5 nitrogen and oxygen atoms in total. The molecule has 110 valence electrons. The maximum Gasteiger partial charge on any atom is 0.255 e. The third-order valence-corrected chi connectivity index (χ3v) is 4.61. The van der Waals surface area contributed by atoms with Gasteiger partial charge in [-0.3, -0.25) is 9.78 Å². The zero-order valence-corrected chi connectivity index (χ0v) is 12.6. The van der Waals surface area contributed by atoms with E-state index in [1.807, 2.05) is 0 Å². The van der Waals surface area contributed by atoms with Crippen LogP contribution in [-0.4, -0.2) is 58.5 Å². The summed E-state index contributed by atoms with van der Waals surface area (Å²) >= 11 is 0. The highest BCUT2D eigenvalue weighted by molar-refractivity contribution is 5.94. The van der Waals surface area contributed by atoms with E-state index >= 15 is 0 Å². The second kappa shape index (κ2) is 5.40. The monoisotopic (exact) mass is 277 g/mol. The van der Waals surface area contributed by atoms with E-state index in [1.54, 1.807) is 11.9 Å². The second-order valence-electron chi connectivity index (χ2n) is 6.18. The molecule has 0 spiro atoms. The van der Waals surface area contributed by atoms with E-state index in [9.17, 15) is 9.90 Å². The van der Waals surface area contributed by atoms with Crippen LogP contribution in [0.5, 0.6) is 5.75 Å². The van der Waals surface area contributed by atoms with Gasteiger partial charge in [-0.1, -0.05) is 0 Å². The van der Waals surface area contributed by atoms with Crippen LogP contribution in [0.1, 0.15) is 30.6 Å². The number of hydrogen-bond acceptors (Lipinski definition) is 4. The molecule has 5 heteroatoms. The van der Waals surface area contributed by atoms with Crippen LogP contribution in [0, 0.1) is 5.92 Å². The van der Waals surface area contributed by atoms with Crippen molar-refractivity contribution in [3.8, 4) is 5.75 Å². The van der Waals surface area contributed by atoms with Gasteiger partial charge < -0.3 is 14.9 Å². The summed E-state index contributed by atoms with van der Waals surface area (Å²) < 4.78 is 0. The number of pyridine rings is 1. The Labute approximate surface area is 120 Å². The van der Waals surface area contributed by atoms with Crippen molar-refractivity contribution in [1.82, 2.24) is 14.8 Å². The van der Waals surface area contributed by atoms with Crippen LogP contribution in [0.15, 0.2) is 18.5 Å². The first kappa shape index (κ1) is 14.8. The van der Waals surface area contributed by atoms with E-state index in [2.05, 4.69) is 30.8 Å². The van der Waals surface area contributed by atoms with Gasteiger partial charge in [0.2, 0.25) is 0 Å². The summed E-state index contributed by atoms with van der Waals surface area (Å²) in [5.41, 5.74) is 0.530. The Balaban J connectivity index is 2.05. The Hall–Kier alpha value is -1.62. The summed E-state index contributed by atoms with van der Waals surface area (Å²) in [6.07, 6.45) is 3.91. The van der Waals surface area contributed by atoms with Crippen LogP contribution in [0.4, 0.5) is 0 Å². The maximum atomic E-state index is 12.3. The molecule has 0 aromatic carbocycles. The van der Waals surface area contributed by atoms with Crippen molar-refractivity contribution in [1.29, 1.82) is 0 Å². The molecule has 0 radical (unpaired) electrons. The molecule has 20 heavy (non-hydrogen) atoms. The van der Waals surface area contributed by atoms with Crippen molar-refractivity contribution >= 4 is 5.91 Å². The minimum atomic E-state index is -0.0984. The van der Waals surface area contributed by atoms with Crippen molar-refractivity contribution < 1.29 is 9.90 Å². The fourth-order valence-corrected chi connectivity index (χ4v) is 2.80. The van der Waals surface area contributed by atoms with E-state index < -0.39 is 0 Å². The average molecular weight is 277 g/mol. The number of aromatic nitrogens is 1. The number of hydrogen-bond donors (Lipinski definition) is 1. The molecule has 1 aromatic heterocycles. The zero-order valence-electron chi connectivity index (χ0n) is 12.6. The van der Waals surface area contributed by atoms with Crippen molar-refractivity contribution in [2.24, 2.45) is 5.92 Å². The average Bonchev–Trinajstić information content (AvgIpc) is 2.64. The van der Waals surface area contributed by atoms with Gasteiger partial charge in [-0.2, -0.15) is 0 Å². The molecule has 1 atom stereocenters. The lowest BCUT2D eigenvalue weighted by Gasteiger charge is -2.35. The molecular weight excluding hydrogens is 254 g/mol. The van der Waals surface area contributed by atoms with Crippen LogP contribution in [0.2, 0.25) is 0 Å². The third-order valence-electron chi connectivity index (χ3n) is 4.61. The van der Waals surface area contributed by atoms with Gasteiger partial charge in [0, 0.05) is 25.3 Å². The van der Waals surface area contributed by atoms with Crippen LogP contribution in [0.3, 0.4) is 0 Å². The Kier molecular flexibility index (Phi) is 3.99. The van der Waals surface area contributed by atoms with Crippen LogP contribution in [-0.2, 0) is 0 Å². The lowest BCUT2D eigenvalue weighted by atomic mass is 9.88. The Morgan fingerprint density at radius 1 is 1.55 bits per heavy atom. The van der Waals surface area contributed by atoms with Gasteiger partial charge in [0.1, 0.15) is 5.75 Å². The molecule has 0 bridgehead atoms. The molecule has 1 aromatic rings. The first-order chi connectivity index (χ1) is 9.32. The minimum Gasteiger partial charge on any atom is -0.506 e. The molecule has 1 aliphatic heterocycles. The van der Waals surface area contributed by atoms with Crippen molar-refractivity contribution in [2.45, 2.75) is 25.8 Å². The number of rotatable bonds is 3. The number of aromatic hydroxyl groups is 1. The predicted octanol–water partition coefficient (Wildman–Crippen LogP) is 1.59. The lowest BCUT2D eigenvalue weighted by Crippen LogP contribution is -2.44. The fourth-order valence-electron chi connectivity index (χ4n) is 2.80. The fraction of sp³-hybridized carbons (Fsp3) is 0.600. The molecule has 0 aliphatic carbocycles. The molecule has 0 unspecified atom stereocenters. The van der Waals surface area contributed by atoms with Gasteiger partial charge >= 0.3 is 0 Å². The van der Waals surface area contributed by atoms with Crippen molar-refractivity contribution in [3.63, 3.8) is 0 Å². The standard InChI is InChI=1S/C15H23N3O2/c1-15(2)12(5-6-18(15)4)10-17(3)14(20)11-7-13(19)9-16-8-11/h7-9,12,19H,5-6,10H2,1-4H3/t12-/m0/s1. The molecule has 2 heterocycles. The first-order valence-corrected chi connectivity index (χ1v) is 6.93. The van der Waals surface area contributed by atoms with Crippen molar-refractivity contribution in [2.75, 3.05) is 27.2 Å². The summed E-state index contributed by atoms with van der Waals surface area (Å²) in [5, 5.41) is 9.41. The molecule has 0 saturated carbocycles. The van der Waals surface area contributed by atoms with Gasteiger partial charge in [-0.15, -0.1) is 0 Å². The summed E-state index contributed by atoms with van der Waals surface area (Å²) in [7, 11) is 3.93. The molecule has 1 N–H and O–H groups in total. The van der Waals surface area contributed by atoms with E-state index in [4.69, 9.17) is 0 Å². The van der Waals surface area contributed by atoms with E-state index in [-0.39, 0.29) is 17.2 Å². The third kappa shape index (κ3) is 2.77. The van der Waals surface area contributed by atoms with Crippen LogP contribution in [0.25, 0.3) is 0 Å².